The SMILES string of the molecule is COC(=O)CC1(CS(=O)CCC2CCCCN2C)CC1. The number of methoxy groups -OCH3 is 1. The van der Waals surface area contributed by atoms with Crippen molar-refractivity contribution in [2.75, 3.05) is 32.2 Å². The van der Waals surface area contributed by atoms with Crippen molar-refractivity contribution in [1.82, 2.24) is 4.90 Å². The van der Waals surface area contributed by atoms with Gasteiger partial charge in [0.15, 0.2) is 0 Å². The minimum absolute atomic E-state index is 0.00355. The van der Waals surface area contributed by atoms with E-state index in [2.05, 4.69) is 11.9 Å². The lowest BCUT2D eigenvalue weighted by atomic mass is 10.0. The molecule has 0 aromatic carbocycles. The van der Waals surface area contributed by atoms with Crippen LogP contribution in [0.1, 0.15) is 44.9 Å². The molecule has 0 aromatic heterocycles. The van der Waals surface area contributed by atoms with Crippen LogP contribution < -0.4 is 0 Å². The number of carbonyl (C=O) groups is 1. The van der Waals surface area contributed by atoms with E-state index in [0.717, 1.165) is 25.0 Å². The van der Waals surface area contributed by atoms with E-state index in [4.69, 9.17) is 4.74 Å². The maximum absolute atomic E-state index is 12.3. The van der Waals surface area contributed by atoms with Crippen LogP contribution in [0.4, 0.5) is 0 Å². The molecule has 2 fully saturated rings. The molecular formula is C15H27NO3S. The Bertz CT molecular complexity index is 368. The smallest absolute Gasteiger partial charge is 0.306 e. The van der Waals surface area contributed by atoms with E-state index >= 15 is 0 Å². The summed E-state index contributed by atoms with van der Waals surface area (Å²) >= 11 is 0. The average molecular weight is 301 g/mol. The molecule has 2 rings (SSSR count). The molecule has 4 nitrogen and oxygen atoms in total. The predicted molar refractivity (Wildman–Crippen MR) is 81.1 cm³/mol. The molecule has 0 spiro atoms. The molecule has 0 bridgehead atoms. The van der Waals surface area contributed by atoms with Crippen molar-refractivity contribution < 1.29 is 13.7 Å². The quantitative estimate of drug-likeness (QED) is 0.674. The molecule has 5 heteroatoms. The van der Waals surface area contributed by atoms with Crippen LogP contribution in [0.2, 0.25) is 0 Å². The number of ether oxygens (including phenoxy) is 1. The topological polar surface area (TPSA) is 46.6 Å². The van der Waals surface area contributed by atoms with Crippen LogP contribution in [-0.2, 0) is 20.3 Å². The van der Waals surface area contributed by atoms with E-state index in [-0.39, 0.29) is 11.4 Å². The van der Waals surface area contributed by atoms with Gasteiger partial charge in [-0.05, 0) is 51.1 Å². The summed E-state index contributed by atoms with van der Waals surface area (Å²) in [6.45, 7) is 1.17. The Morgan fingerprint density at radius 3 is 2.75 bits per heavy atom. The summed E-state index contributed by atoms with van der Waals surface area (Å²) in [6, 6.07) is 0.600. The van der Waals surface area contributed by atoms with Gasteiger partial charge in [-0.15, -0.1) is 0 Å². The fraction of sp³-hybridized carbons (Fsp3) is 0.933. The normalized spacial score (nSPS) is 27.0. The summed E-state index contributed by atoms with van der Waals surface area (Å²) in [5.74, 6) is 1.29. The first-order valence-electron chi connectivity index (χ1n) is 7.67. The van der Waals surface area contributed by atoms with E-state index in [9.17, 15) is 9.00 Å². The lowest BCUT2D eigenvalue weighted by Gasteiger charge is -2.32. The third-order valence-corrected chi connectivity index (χ3v) is 6.40. The molecule has 2 unspecified atom stereocenters. The average Bonchev–Trinajstić information content (AvgIpc) is 3.17. The molecule has 1 saturated carbocycles. The van der Waals surface area contributed by atoms with Crippen molar-refractivity contribution in [3.63, 3.8) is 0 Å². The number of hydrogen-bond acceptors (Lipinski definition) is 4. The molecule has 20 heavy (non-hydrogen) atoms. The monoisotopic (exact) mass is 301 g/mol. The molecule has 0 aromatic rings. The highest BCUT2D eigenvalue weighted by Gasteiger charge is 2.45. The second-order valence-electron chi connectivity index (χ2n) is 6.46. The van der Waals surface area contributed by atoms with Crippen molar-refractivity contribution in [1.29, 1.82) is 0 Å². The molecular weight excluding hydrogens is 274 g/mol. The zero-order valence-electron chi connectivity index (χ0n) is 12.7. The van der Waals surface area contributed by atoms with Crippen LogP contribution in [0.25, 0.3) is 0 Å². The molecule has 1 aliphatic carbocycles. The first-order valence-corrected chi connectivity index (χ1v) is 9.15. The highest BCUT2D eigenvalue weighted by atomic mass is 32.2. The Labute approximate surface area is 124 Å². The van der Waals surface area contributed by atoms with Gasteiger partial charge in [0, 0.05) is 28.3 Å². The van der Waals surface area contributed by atoms with Crippen LogP contribution in [-0.4, -0.2) is 53.3 Å². The molecule has 1 aliphatic heterocycles. The van der Waals surface area contributed by atoms with Crippen molar-refractivity contribution in [3.05, 3.63) is 0 Å². The number of nitrogens with zero attached hydrogens (tertiary/aromatic N) is 1. The number of carbonyl (C=O) groups excluding carboxylic acids is 1. The molecule has 1 heterocycles. The van der Waals surface area contributed by atoms with Gasteiger partial charge in [0.1, 0.15) is 0 Å². The maximum atomic E-state index is 12.3. The van der Waals surface area contributed by atoms with Crippen LogP contribution in [0.5, 0.6) is 0 Å². The fourth-order valence-electron chi connectivity index (χ4n) is 3.12. The number of likely N-dealkylation sites (tertiary alicyclic amines) is 1. The summed E-state index contributed by atoms with van der Waals surface area (Å²) in [4.78, 5) is 13.8. The van der Waals surface area contributed by atoms with Gasteiger partial charge < -0.3 is 9.64 Å². The Balaban J connectivity index is 1.71. The van der Waals surface area contributed by atoms with Crippen molar-refractivity contribution >= 4 is 16.8 Å². The lowest BCUT2D eigenvalue weighted by molar-refractivity contribution is -0.141. The molecule has 0 N–H and O–H groups in total. The van der Waals surface area contributed by atoms with Crippen LogP contribution in [0.15, 0.2) is 0 Å². The highest BCUT2D eigenvalue weighted by molar-refractivity contribution is 7.85. The summed E-state index contributed by atoms with van der Waals surface area (Å²) < 4.78 is 17.0. The summed E-state index contributed by atoms with van der Waals surface area (Å²) in [7, 11) is 2.80. The number of piperidine rings is 1. The first kappa shape index (κ1) is 16.0. The van der Waals surface area contributed by atoms with Crippen LogP contribution in [0.3, 0.4) is 0 Å². The third kappa shape index (κ3) is 4.55. The Kier molecular flexibility index (Phi) is 5.61. The second-order valence-corrected chi connectivity index (χ2v) is 8.04. The van der Waals surface area contributed by atoms with E-state index in [1.807, 2.05) is 0 Å². The Hall–Kier alpha value is -0.420. The highest BCUT2D eigenvalue weighted by Crippen LogP contribution is 2.49. The van der Waals surface area contributed by atoms with E-state index < -0.39 is 10.8 Å². The predicted octanol–water partition coefficient (Wildman–Crippen LogP) is 1.95. The molecule has 0 amide bonds. The number of esters is 1. The largest absolute Gasteiger partial charge is 0.469 e. The van der Waals surface area contributed by atoms with Crippen LogP contribution >= 0.6 is 0 Å². The lowest BCUT2D eigenvalue weighted by Crippen LogP contribution is -2.37. The first-order chi connectivity index (χ1) is 9.54. The van der Waals surface area contributed by atoms with Gasteiger partial charge in [0.25, 0.3) is 0 Å². The van der Waals surface area contributed by atoms with E-state index in [1.165, 1.54) is 32.9 Å². The van der Waals surface area contributed by atoms with Gasteiger partial charge in [-0.3, -0.25) is 9.00 Å². The summed E-state index contributed by atoms with van der Waals surface area (Å²) in [5, 5.41) is 0. The Morgan fingerprint density at radius 1 is 1.40 bits per heavy atom. The standard InChI is InChI=1S/C15H27NO3S/c1-16-9-4-3-5-13(16)6-10-20(18)12-15(7-8-15)11-14(17)19-2/h13H,3-12H2,1-2H3. The van der Waals surface area contributed by atoms with Gasteiger partial charge in [0.2, 0.25) is 0 Å². The van der Waals surface area contributed by atoms with Gasteiger partial charge in [0.05, 0.1) is 13.5 Å². The fourth-order valence-corrected chi connectivity index (χ4v) is 4.87. The molecule has 1 saturated heterocycles. The molecule has 116 valence electrons. The van der Waals surface area contributed by atoms with E-state index in [1.54, 1.807) is 0 Å². The zero-order valence-corrected chi connectivity index (χ0v) is 13.5. The molecule has 0 radical (unpaired) electrons. The Morgan fingerprint density at radius 2 is 2.15 bits per heavy atom. The van der Waals surface area contributed by atoms with Gasteiger partial charge in [-0.25, -0.2) is 0 Å². The van der Waals surface area contributed by atoms with Gasteiger partial charge in [-0.1, -0.05) is 6.42 Å². The van der Waals surface area contributed by atoms with Crippen molar-refractivity contribution in [2.24, 2.45) is 5.41 Å². The number of hydrogen-bond donors (Lipinski definition) is 0. The van der Waals surface area contributed by atoms with Gasteiger partial charge in [-0.2, -0.15) is 0 Å². The maximum Gasteiger partial charge on any atom is 0.306 e. The minimum atomic E-state index is -0.796. The summed E-state index contributed by atoms with van der Waals surface area (Å²) in [6.07, 6.45) is 7.34. The van der Waals surface area contributed by atoms with Gasteiger partial charge >= 0.3 is 5.97 Å². The van der Waals surface area contributed by atoms with Crippen molar-refractivity contribution in [2.45, 2.75) is 51.0 Å². The zero-order chi connectivity index (χ0) is 14.6. The van der Waals surface area contributed by atoms with Crippen molar-refractivity contribution in [3.8, 4) is 0 Å². The summed E-state index contributed by atoms with van der Waals surface area (Å²) in [5.41, 5.74) is -0.00355. The minimum Gasteiger partial charge on any atom is -0.469 e. The number of rotatable bonds is 7. The van der Waals surface area contributed by atoms with E-state index in [0.29, 0.717) is 18.2 Å². The second kappa shape index (κ2) is 7.03. The third-order valence-electron chi connectivity index (χ3n) is 4.77. The molecule has 2 aliphatic rings. The molecule has 2 atom stereocenters. The van der Waals surface area contributed by atoms with Crippen LogP contribution in [0, 0.1) is 5.41 Å².